The van der Waals surface area contributed by atoms with Crippen LogP contribution in [-0.4, -0.2) is 65.6 Å². The Labute approximate surface area is 218 Å². The number of nitrogens with two attached hydrogens (primary N) is 2. The molecule has 0 radical (unpaired) electrons. The van der Waals surface area contributed by atoms with Crippen LogP contribution in [0.25, 0.3) is 0 Å². The largest absolute Gasteiger partial charge is 0.490 e. The van der Waals surface area contributed by atoms with Gasteiger partial charge in [-0.2, -0.15) is 4.99 Å². The van der Waals surface area contributed by atoms with E-state index in [1.807, 2.05) is 17.9 Å². The number of nitrogens with zero attached hydrogens (tertiary/aromatic N) is 5. The zero-order chi connectivity index (χ0) is 26.4. The first-order valence-corrected chi connectivity index (χ1v) is 13.2. The van der Waals surface area contributed by atoms with Crippen LogP contribution in [0, 0.1) is 17.7 Å². The molecule has 2 aromatic rings. The van der Waals surface area contributed by atoms with Crippen molar-refractivity contribution in [3.63, 3.8) is 0 Å². The van der Waals surface area contributed by atoms with Gasteiger partial charge >= 0.3 is 6.03 Å². The quantitative estimate of drug-likeness (QED) is 0.410. The van der Waals surface area contributed by atoms with E-state index in [4.69, 9.17) is 16.2 Å². The van der Waals surface area contributed by atoms with Crippen molar-refractivity contribution in [3.05, 3.63) is 48.0 Å². The first-order chi connectivity index (χ1) is 17.9. The van der Waals surface area contributed by atoms with Crippen LogP contribution in [0.2, 0.25) is 0 Å². The minimum absolute atomic E-state index is 0.102. The predicted octanol–water partition coefficient (Wildman–Crippen LogP) is 3.55. The molecule has 0 unspecified atom stereocenters. The molecule has 1 aromatic carbocycles. The molecule has 3 heterocycles. The first-order valence-electron chi connectivity index (χ1n) is 13.2. The molecule has 4 rings (SSSR count). The van der Waals surface area contributed by atoms with Crippen LogP contribution < -0.4 is 21.1 Å². The number of urea groups is 1. The van der Waals surface area contributed by atoms with Gasteiger partial charge in [-0.15, -0.1) is 0 Å². The van der Waals surface area contributed by atoms with E-state index in [0.29, 0.717) is 74.1 Å². The number of aliphatic imine (C=N–C) groups is 1. The summed E-state index contributed by atoms with van der Waals surface area (Å²) in [7, 11) is 0. The Morgan fingerprint density at radius 2 is 1.92 bits per heavy atom. The van der Waals surface area contributed by atoms with Gasteiger partial charge in [-0.1, -0.05) is 32.0 Å². The lowest BCUT2D eigenvalue weighted by Gasteiger charge is -2.34. The number of hydrogen-bond donors (Lipinski definition) is 2. The molecule has 2 aliphatic heterocycles. The van der Waals surface area contributed by atoms with Gasteiger partial charge in [0.1, 0.15) is 11.7 Å². The van der Waals surface area contributed by atoms with Gasteiger partial charge in [0.15, 0.2) is 5.75 Å². The molecule has 2 fully saturated rings. The highest BCUT2D eigenvalue weighted by atomic mass is 19.1. The summed E-state index contributed by atoms with van der Waals surface area (Å²) >= 11 is 0. The number of amides is 2. The summed E-state index contributed by atoms with van der Waals surface area (Å²) in [4.78, 5) is 28.9. The number of rotatable bonds is 8. The SMILES string of the molecule is CC/C(N)=N/C(=O)N1CCC([C@H](C)CCOc2cnc(N3C[C@H](c4ccccc4F)[C@@H](N)C3)nc2)CC1. The Bertz CT molecular complexity index is 1070. The van der Waals surface area contributed by atoms with Gasteiger partial charge in [-0.3, -0.25) is 0 Å². The minimum Gasteiger partial charge on any atom is -0.490 e. The van der Waals surface area contributed by atoms with Crippen molar-refractivity contribution in [3.8, 4) is 5.75 Å². The lowest BCUT2D eigenvalue weighted by Crippen LogP contribution is -2.39. The van der Waals surface area contributed by atoms with Crippen molar-refractivity contribution < 1.29 is 13.9 Å². The van der Waals surface area contributed by atoms with Crippen molar-refractivity contribution in [1.29, 1.82) is 0 Å². The summed E-state index contributed by atoms with van der Waals surface area (Å²) in [5, 5.41) is 0. The van der Waals surface area contributed by atoms with Crippen molar-refractivity contribution >= 4 is 17.8 Å². The van der Waals surface area contributed by atoms with Gasteiger partial charge < -0.3 is 26.0 Å². The second kappa shape index (κ2) is 12.3. The van der Waals surface area contributed by atoms with E-state index in [2.05, 4.69) is 21.9 Å². The lowest BCUT2D eigenvalue weighted by atomic mass is 9.84. The average molecular weight is 512 g/mol. The van der Waals surface area contributed by atoms with Crippen molar-refractivity contribution in [1.82, 2.24) is 14.9 Å². The van der Waals surface area contributed by atoms with E-state index >= 15 is 0 Å². The fourth-order valence-electron chi connectivity index (χ4n) is 5.18. The van der Waals surface area contributed by atoms with Gasteiger partial charge in [0.2, 0.25) is 5.95 Å². The molecule has 1 aromatic heterocycles. The lowest BCUT2D eigenvalue weighted by molar-refractivity contribution is 0.149. The maximum atomic E-state index is 14.2. The summed E-state index contributed by atoms with van der Waals surface area (Å²) in [6, 6.07) is 6.37. The molecule has 2 saturated heterocycles. The van der Waals surface area contributed by atoms with Gasteiger partial charge in [-0.05, 0) is 42.7 Å². The number of piperidine rings is 1. The molecule has 3 atom stereocenters. The van der Waals surface area contributed by atoms with Crippen LogP contribution in [0.15, 0.2) is 41.7 Å². The molecule has 9 nitrogen and oxygen atoms in total. The van der Waals surface area contributed by atoms with Gasteiger partial charge in [0.25, 0.3) is 0 Å². The highest BCUT2D eigenvalue weighted by Crippen LogP contribution is 2.31. The van der Waals surface area contributed by atoms with E-state index in [0.717, 1.165) is 19.3 Å². The smallest absolute Gasteiger partial charge is 0.345 e. The third-order valence-corrected chi connectivity index (χ3v) is 7.63. The molecule has 0 spiro atoms. The average Bonchev–Trinajstić information content (AvgIpc) is 3.30. The number of aromatic nitrogens is 2. The van der Waals surface area contributed by atoms with Crippen LogP contribution in [0.4, 0.5) is 15.1 Å². The summed E-state index contributed by atoms with van der Waals surface area (Å²) in [5.74, 6) is 2.26. The standard InChI is InChI=1S/C27H38FN7O2/c1-3-25(30)33-27(36)34-11-8-19(9-12-34)18(2)10-13-37-20-14-31-26(32-15-20)35-16-22(24(29)17-35)21-6-4-5-7-23(21)28/h4-7,14-15,18-19,22,24H,3,8-13,16-17,29H2,1-2H3,(H2,30,33,36)/t18-,22-,24+/m1/s1. The summed E-state index contributed by atoms with van der Waals surface area (Å²) in [5.41, 5.74) is 12.7. The number of anilines is 1. The van der Waals surface area contributed by atoms with Gasteiger partial charge in [0.05, 0.1) is 19.0 Å². The highest BCUT2D eigenvalue weighted by Gasteiger charge is 2.34. The molecule has 0 aliphatic carbocycles. The van der Waals surface area contributed by atoms with Gasteiger partial charge in [-0.25, -0.2) is 19.2 Å². The molecule has 2 aliphatic rings. The zero-order valence-corrected chi connectivity index (χ0v) is 21.7. The number of benzene rings is 1. The summed E-state index contributed by atoms with van der Waals surface area (Å²) in [6.45, 7) is 7.26. The number of carbonyl (C=O) groups excluding carboxylic acids is 1. The van der Waals surface area contributed by atoms with Crippen LogP contribution in [-0.2, 0) is 0 Å². The highest BCUT2D eigenvalue weighted by molar-refractivity contribution is 5.92. The number of amidine groups is 1. The topological polar surface area (TPSA) is 123 Å². The number of halogens is 1. The normalized spacial score (nSPS) is 21.8. The first kappa shape index (κ1) is 26.8. The maximum Gasteiger partial charge on any atom is 0.345 e. The molecule has 37 heavy (non-hydrogen) atoms. The number of likely N-dealkylation sites (tertiary alicyclic amines) is 1. The third kappa shape index (κ3) is 6.74. The Balaban J connectivity index is 1.21. The second-order valence-corrected chi connectivity index (χ2v) is 10.1. The second-order valence-electron chi connectivity index (χ2n) is 10.1. The molecule has 4 N–H and O–H groups in total. The molecule has 0 saturated carbocycles. The summed E-state index contributed by atoms with van der Waals surface area (Å²) < 4.78 is 20.2. The van der Waals surface area contributed by atoms with E-state index in [-0.39, 0.29) is 23.8 Å². The Hall–Kier alpha value is -3.27. The van der Waals surface area contributed by atoms with E-state index in [1.165, 1.54) is 6.07 Å². The molecule has 10 heteroatoms. The fraction of sp³-hybridized carbons (Fsp3) is 0.556. The number of hydrogen-bond acceptors (Lipinski definition) is 6. The minimum atomic E-state index is -0.228. The maximum absolute atomic E-state index is 14.2. The van der Waals surface area contributed by atoms with Crippen LogP contribution in [0.3, 0.4) is 0 Å². The molecule has 0 bridgehead atoms. The Kier molecular flexibility index (Phi) is 8.91. The monoisotopic (exact) mass is 511 g/mol. The number of carbonyl (C=O) groups is 1. The van der Waals surface area contributed by atoms with Crippen LogP contribution in [0.5, 0.6) is 5.75 Å². The van der Waals surface area contributed by atoms with Crippen molar-refractivity contribution in [2.45, 2.75) is 51.5 Å². The number of ether oxygens (including phenoxy) is 1. The fourth-order valence-corrected chi connectivity index (χ4v) is 5.18. The third-order valence-electron chi connectivity index (χ3n) is 7.63. The van der Waals surface area contributed by atoms with Crippen molar-refractivity contribution in [2.24, 2.45) is 28.3 Å². The Morgan fingerprint density at radius 3 is 2.59 bits per heavy atom. The van der Waals surface area contributed by atoms with Crippen LogP contribution in [0.1, 0.15) is 51.0 Å². The molecule has 200 valence electrons. The zero-order valence-electron chi connectivity index (χ0n) is 21.7. The molecular weight excluding hydrogens is 473 g/mol. The molecule has 2 amide bonds. The van der Waals surface area contributed by atoms with Gasteiger partial charge in [0, 0.05) is 44.6 Å². The van der Waals surface area contributed by atoms with Crippen molar-refractivity contribution in [2.75, 3.05) is 37.7 Å². The van der Waals surface area contributed by atoms with Crippen LogP contribution >= 0.6 is 0 Å². The Morgan fingerprint density at radius 1 is 1.22 bits per heavy atom. The molecular formula is C27H38FN7O2. The van der Waals surface area contributed by atoms with E-state index < -0.39 is 0 Å². The summed E-state index contributed by atoms with van der Waals surface area (Å²) in [6.07, 6.45) is 6.77. The van der Waals surface area contributed by atoms with E-state index in [1.54, 1.807) is 29.4 Å². The van der Waals surface area contributed by atoms with E-state index in [9.17, 15) is 9.18 Å². The predicted molar refractivity (Wildman–Crippen MR) is 142 cm³/mol.